The van der Waals surface area contributed by atoms with Crippen LogP contribution in [-0.4, -0.2) is 74.6 Å². The van der Waals surface area contributed by atoms with Crippen LogP contribution in [0.4, 0.5) is 0 Å². The van der Waals surface area contributed by atoms with Crippen molar-refractivity contribution in [3.63, 3.8) is 0 Å². The maximum atomic E-state index is 11.8. The summed E-state index contributed by atoms with van der Waals surface area (Å²) in [5.74, 6) is -0.879. The van der Waals surface area contributed by atoms with Crippen LogP contribution >= 0.6 is 0 Å². The number of carboxylic acids is 1. The molecule has 1 fully saturated rings. The third-order valence-electron chi connectivity index (χ3n) is 3.12. The van der Waals surface area contributed by atoms with Crippen LogP contribution in [0.5, 0.6) is 0 Å². The molecule has 116 valence electrons. The van der Waals surface area contributed by atoms with Crippen LogP contribution in [0.2, 0.25) is 0 Å². The van der Waals surface area contributed by atoms with Gasteiger partial charge in [-0.15, -0.1) is 0 Å². The molecule has 0 aromatic heterocycles. The Hall–Kier alpha value is -1.18. The molecule has 0 atom stereocenters. The molecule has 1 aliphatic rings. The van der Waals surface area contributed by atoms with E-state index in [2.05, 4.69) is 0 Å². The van der Waals surface area contributed by atoms with E-state index in [1.807, 2.05) is 0 Å². The standard InChI is InChI=1S/C13H23NO6/c1-18-8-9-19-10-12(15)14-5-2-11(3-6-14)20-7-4-13(16)17/h11H,2-10H2,1H3,(H,16,17). The molecule has 0 aromatic rings. The molecule has 1 heterocycles. The van der Waals surface area contributed by atoms with Gasteiger partial charge < -0.3 is 24.2 Å². The summed E-state index contributed by atoms with van der Waals surface area (Å²) in [6.45, 7) is 2.46. The van der Waals surface area contributed by atoms with Crippen LogP contribution in [0.3, 0.4) is 0 Å². The molecule has 20 heavy (non-hydrogen) atoms. The average Bonchev–Trinajstić information content (AvgIpc) is 2.44. The molecule has 7 heteroatoms. The molecular formula is C13H23NO6. The fourth-order valence-electron chi connectivity index (χ4n) is 1.98. The van der Waals surface area contributed by atoms with Gasteiger partial charge in [-0.2, -0.15) is 0 Å². The summed E-state index contributed by atoms with van der Waals surface area (Å²) < 4.78 is 15.5. The molecule has 1 N–H and O–H groups in total. The fraction of sp³-hybridized carbons (Fsp3) is 0.846. The van der Waals surface area contributed by atoms with Crippen molar-refractivity contribution in [1.29, 1.82) is 0 Å². The van der Waals surface area contributed by atoms with Crippen molar-refractivity contribution in [2.45, 2.75) is 25.4 Å². The quantitative estimate of drug-likeness (QED) is 0.607. The van der Waals surface area contributed by atoms with E-state index in [4.69, 9.17) is 19.3 Å². The van der Waals surface area contributed by atoms with Crippen LogP contribution < -0.4 is 0 Å². The van der Waals surface area contributed by atoms with Crippen LogP contribution in [0.1, 0.15) is 19.3 Å². The van der Waals surface area contributed by atoms with Gasteiger partial charge in [-0.05, 0) is 12.8 Å². The molecule has 0 spiro atoms. The first-order chi connectivity index (χ1) is 9.63. The maximum Gasteiger partial charge on any atom is 0.305 e. The fourth-order valence-corrected chi connectivity index (χ4v) is 1.98. The highest BCUT2D eigenvalue weighted by molar-refractivity contribution is 5.77. The number of methoxy groups -OCH3 is 1. The Labute approximate surface area is 118 Å². The molecule has 1 aliphatic heterocycles. The van der Waals surface area contributed by atoms with Crippen molar-refractivity contribution < 1.29 is 28.9 Å². The van der Waals surface area contributed by atoms with Gasteiger partial charge in [-0.3, -0.25) is 9.59 Å². The molecule has 7 nitrogen and oxygen atoms in total. The van der Waals surface area contributed by atoms with Crippen molar-refractivity contribution in [2.75, 3.05) is 46.6 Å². The van der Waals surface area contributed by atoms with E-state index in [-0.39, 0.29) is 31.6 Å². The third-order valence-corrected chi connectivity index (χ3v) is 3.12. The van der Waals surface area contributed by atoms with Crippen molar-refractivity contribution in [3.8, 4) is 0 Å². The second kappa shape index (κ2) is 9.68. The molecule has 0 bridgehead atoms. The van der Waals surface area contributed by atoms with Crippen molar-refractivity contribution >= 4 is 11.9 Å². The second-order valence-electron chi connectivity index (χ2n) is 4.64. The molecule has 0 saturated carbocycles. The highest BCUT2D eigenvalue weighted by Gasteiger charge is 2.23. The van der Waals surface area contributed by atoms with Crippen LogP contribution in [0, 0.1) is 0 Å². The van der Waals surface area contributed by atoms with Crippen LogP contribution in [-0.2, 0) is 23.8 Å². The minimum atomic E-state index is -0.856. The number of ether oxygens (including phenoxy) is 3. The highest BCUT2D eigenvalue weighted by atomic mass is 16.5. The topological polar surface area (TPSA) is 85.3 Å². The molecule has 0 aliphatic carbocycles. The molecule has 0 aromatic carbocycles. The van der Waals surface area contributed by atoms with Gasteiger partial charge in [0.2, 0.25) is 5.91 Å². The molecule has 0 radical (unpaired) electrons. The Balaban J connectivity index is 2.11. The van der Waals surface area contributed by atoms with Gasteiger partial charge in [0.15, 0.2) is 0 Å². The van der Waals surface area contributed by atoms with E-state index < -0.39 is 5.97 Å². The summed E-state index contributed by atoms with van der Waals surface area (Å²) in [7, 11) is 1.58. The lowest BCUT2D eigenvalue weighted by Gasteiger charge is -2.31. The van der Waals surface area contributed by atoms with Gasteiger partial charge in [0.05, 0.1) is 32.3 Å². The van der Waals surface area contributed by atoms with Crippen molar-refractivity contribution in [3.05, 3.63) is 0 Å². The maximum absolute atomic E-state index is 11.8. The minimum absolute atomic E-state index is 0.0203. The van der Waals surface area contributed by atoms with E-state index in [1.165, 1.54) is 0 Å². The largest absolute Gasteiger partial charge is 0.481 e. The Morgan fingerprint density at radius 3 is 2.50 bits per heavy atom. The van der Waals surface area contributed by atoms with E-state index in [0.717, 1.165) is 12.8 Å². The number of hydrogen-bond acceptors (Lipinski definition) is 5. The normalized spacial score (nSPS) is 16.4. The summed E-state index contributed by atoms with van der Waals surface area (Å²) in [6.07, 6.45) is 1.55. The molecule has 1 rings (SSSR count). The van der Waals surface area contributed by atoms with Gasteiger partial charge in [0.25, 0.3) is 0 Å². The second-order valence-corrected chi connectivity index (χ2v) is 4.64. The molecule has 1 saturated heterocycles. The molecular weight excluding hydrogens is 266 g/mol. The average molecular weight is 289 g/mol. The number of amides is 1. The number of piperidine rings is 1. The SMILES string of the molecule is COCCOCC(=O)N1CCC(OCCC(=O)O)CC1. The first kappa shape index (κ1) is 16.9. The lowest BCUT2D eigenvalue weighted by molar-refractivity contribution is -0.140. The van der Waals surface area contributed by atoms with Crippen molar-refractivity contribution in [1.82, 2.24) is 4.90 Å². The summed E-state index contributed by atoms with van der Waals surface area (Å²) in [5, 5.41) is 8.52. The Morgan fingerprint density at radius 1 is 1.20 bits per heavy atom. The summed E-state index contributed by atoms with van der Waals surface area (Å²) in [4.78, 5) is 23.9. The summed E-state index contributed by atoms with van der Waals surface area (Å²) >= 11 is 0. The first-order valence-electron chi connectivity index (χ1n) is 6.81. The van der Waals surface area contributed by atoms with Crippen LogP contribution in [0.25, 0.3) is 0 Å². The Morgan fingerprint density at radius 2 is 1.90 bits per heavy atom. The monoisotopic (exact) mass is 289 g/mol. The lowest BCUT2D eigenvalue weighted by atomic mass is 10.1. The zero-order valence-corrected chi connectivity index (χ0v) is 11.9. The van der Waals surface area contributed by atoms with E-state index in [0.29, 0.717) is 26.3 Å². The number of carbonyl (C=O) groups excluding carboxylic acids is 1. The van der Waals surface area contributed by atoms with Crippen LogP contribution in [0.15, 0.2) is 0 Å². The lowest BCUT2D eigenvalue weighted by Crippen LogP contribution is -2.42. The number of hydrogen-bond donors (Lipinski definition) is 1. The van der Waals surface area contributed by atoms with Gasteiger partial charge >= 0.3 is 5.97 Å². The van der Waals surface area contributed by atoms with E-state index >= 15 is 0 Å². The molecule has 0 unspecified atom stereocenters. The van der Waals surface area contributed by atoms with Gasteiger partial charge in [-0.1, -0.05) is 0 Å². The third kappa shape index (κ3) is 6.83. The van der Waals surface area contributed by atoms with Gasteiger partial charge in [0.1, 0.15) is 6.61 Å². The first-order valence-corrected chi connectivity index (χ1v) is 6.81. The smallest absolute Gasteiger partial charge is 0.305 e. The minimum Gasteiger partial charge on any atom is -0.481 e. The Bertz CT molecular complexity index is 301. The predicted molar refractivity (Wildman–Crippen MR) is 70.5 cm³/mol. The highest BCUT2D eigenvalue weighted by Crippen LogP contribution is 2.14. The van der Waals surface area contributed by atoms with Gasteiger partial charge in [-0.25, -0.2) is 0 Å². The number of carboxylic acid groups (broad SMARTS) is 1. The van der Waals surface area contributed by atoms with Crippen molar-refractivity contribution in [2.24, 2.45) is 0 Å². The summed E-state index contributed by atoms with van der Waals surface area (Å²) in [6, 6.07) is 0. The van der Waals surface area contributed by atoms with Gasteiger partial charge in [0, 0.05) is 20.2 Å². The number of carbonyl (C=O) groups is 2. The molecule has 1 amide bonds. The Kier molecular flexibility index (Phi) is 8.17. The number of likely N-dealkylation sites (tertiary alicyclic amines) is 1. The van der Waals surface area contributed by atoms with E-state index in [1.54, 1.807) is 12.0 Å². The predicted octanol–water partition coefficient (Wildman–Crippen LogP) is 0.132. The number of nitrogens with zero attached hydrogens (tertiary/aromatic N) is 1. The number of rotatable bonds is 9. The number of aliphatic carboxylic acids is 1. The summed E-state index contributed by atoms with van der Waals surface area (Å²) in [5.41, 5.74) is 0. The van der Waals surface area contributed by atoms with E-state index in [9.17, 15) is 9.59 Å². The zero-order chi connectivity index (χ0) is 14.8. The zero-order valence-electron chi connectivity index (χ0n) is 11.9.